The van der Waals surface area contributed by atoms with Crippen molar-refractivity contribution in [3.63, 3.8) is 0 Å². The number of esters is 1. The second-order valence-corrected chi connectivity index (χ2v) is 7.92. The molecule has 0 aromatic heterocycles. The van der Waals surface area contributed by atoms with E-state index in [0.29, 0.717) is 11.3 Å². The molecule has 3 aromatic rings. The minimum absolute atomic E-state index is 0.0858. The largest absolute Gasteiger partial charge is 0.462 e. The average molecular weight is 470 g/mol. The number of benzene rings is 3. The fourth-order valence-electron chi connectivity index (χ4n) is 3.54. The maximum Gasteiger partial charge on any atom is 0.416 e. The van der Waals surface area contributed by atoms with Crippen molar-refractivity contribution in [1.29, 1.82) is 0 Å². The van der Waals surface area contributed by atoms with Crippen LogP contribution in [0.5, 0.6) is 0 Å². The van der Waals surface area contributed by atoms with Crippen LogP contribution in [0.25, 0.3) is 11.1 Å². The summed E-state index contributed by atoms with van der Waals surface area (Å²) in [6.45, 7) is 2.07. The maximum atomic E-state index is 12.9. The van der Waals surface area contributed by atoms with Crippen molar-refractivity contribution in [2.75, 3.05) is 12.0 Å². The standard InChI is InChI=1S/C27H26F3NO3/c1-3-4-5-19-6-10-21(11-7-19)22-12-16-24(17-13-22)31(25(32)26(33)34-2)18-20-8-14-23(15-9-20)27(28,29)30/h6-17H,3-5,18H2,1-2H3. The highest BCUT2D eigenvalue weighted by Gasteiger charge is 2.30. The highest BCUT2D eigenvalue weighted by molar-refractivity contribution is 6.38. The van der Waals surface area contributed by atoms with Crippen LogP contribution in [-0.4, -0.2) is 19.0 Å². The van der Waals surface area contributed by atoms with Gasteiger partial charge >= 0.3 is 18.1 Å². The number of hydrogen-bond donors (Lipinski definition) is 0. The third kappa shape index (κ3) is 6.25. The number of carbonyl (C=O) groups is 2. The summed E-state index contributed by atoms with van der Waals surface area (Å²) >= 11 is 0. The van der Waals surface area contributed by atoms with Gasteiger partial charge in [-0.15, -0.1) is 0 Å². The number of nitrogens with zero attached hydrogens (tertiary/aromatic N) is 1. The topological polar surface area (TPSA) is 46.6 Å². The van der Waals surface area contributed by atoms with E-state index >= 15 is 0 Å². The van der Waals surface area contributed by atoms with Crippen molar-refractivity contribution in [1.82, 2.24) is 0 Å². The van der Waals surface area contributed by atoms with Gasteiger partial charge in [-0.2, -0.15) is 13.2 Å². The Bertz CT molecular complexity index is 1110. The molecule has 0 aliphatic carbocycles. The number of rotatable bonds is 7. The van der Waals surface area contributed by atoms with E-state index in [4.69, 9.17) is 0 Å². The molecule has 0 fully saturated rings. The minimum atomic E-state index is -4.45. The zero-order valence-electron chi connectivity index (χ0n) is 19.1. The lowest BCUT2D eigenvalue weighted by Crippen LogP contribution is -2.36. The number of methoxy groups -OCH3 is 1. The fraction of sp³-hybridized carbons (Fsp3) is 0.259. The molecule has 3 aromatic carbocycles. The summed E-state index contributed by atoms with van der Waals surface area (Å²) in [6.07, 6.45) is -1.15. The number of ether oxygens (including phenoxy) is 1. The van der Waals surface area contributed by atoms with Gasteiger partial charge in [-0.25, -0.2) is 4.79 Å². The van der Waals surface area contributed by atoms with E-state index < -0.39 is 23.6 Å². The van der Waals surface area contributed by atoms with Gasteiger partial charge < -0.3 is 4.74 Å². The summed E-state index contributed by atoms with van der Waals surface area (Å²) in [5.74, 6) is -1.96. The summed E-state index contributed by atoms with van der Waals surface area (Å²) < 4.78 is 43.1. The molecule has 178 valence electrons. The van der Waals surface area contributed by atoms with Crippen LogP contribution in [0.15, 0.2) is 72.8 Å². The Kier molecular flexibility index (Phi) is 8.10. The Labute approximate surface area is 197 Å². The molecule has 0 spiro atoms. The summed E-state index contributed by atoms with van der Waals surface area (Å²) in [6, 6.07) is 19.8. The molecule has 0 saturated heterocycles. The zero-order valence-corrected chi connectivity index (χ0v) is 19.1. The summed E-state index contributed by atoms with van der Waals surface area (Å²) in [5.41, 5.74) is 3.31. The molecule has 3 rings (SSSR count). The molecule has 7 heteroatoms. The Morgan fingerprint density at radius 1 is 0.824 bits per heavy atom. The molecule has 0 bridgehead atoms. The third-order valence-corrected chi connectivity index (χ3v) is 5.51. The summed E-state index contributed by atoms with van der Waals surface area (Å²) in [4.78, 5) is 25.8. The first-order chi connectivity index (χ1) is 16.2. The van der Waals surface area contributed by atoms with E-state index in [1.54, 1.807) is 12.1 Å². The Hall–Kier alpha value is -3.61. The highest BCUT2D eigenvalue weighted by Crippen LogP contribution is 2.30. The summed E-state index contributed by atoms with van der Waals surface area (Å²) in [7, 11) is 1.10. The molecule has 1 amide bonds. The first-order valence-electron chi connectivity index (χ1n) is 11.0. The van der Waals surface area contributed by atoms with Crippen LogP contribution in [0.4, 0.5) is 18.9 Å². The van der Waals surface area contributed by atoms with Gasteiger partial charge in [-0.05, 0) is 59.4 Å². The first-order valence-corrected chi connectivity index (χ1v) is 11.0. The minimum Gasteiger partial charge on any atom is -0.462 e. The van der Waals surface area contributed by atoms with Gasteiger partial charge in [0.1, 0.15) is 0 Å². The molecule has 0 saturated carbocycles. The van der Waals surface area contributed by atoms with E-state index in [1.165, 1.54) is 22.6 Å². The number of anilines is 1. The normalized spacial score (nSPS) is 11.2. The molecular formula is C27H26F3NO3. The van der Waals surface area contributed by atoms with Crippen LogP contribution in [0, 0.1) is 0 Å². The monoisotopic (exact) mass is 469 g/mol. The Morgan fingerprint density at radius 2 is 1.35 bits per heavy atom. The number of unbranched alkanes of at least 4 members (excludes halogenated alkanes) is 1. The van der Waals surface area contributed by atoms with Crippen molar-refractivity contribution >= 4 is 17.6 Å². The molecule has 0 aliphatic rings. The number of hydrogen-bond acceptors (Lipinski definition) is 3. The molecule has 0 aliphatic heterocycles. The summed E-state index contributed by atoms with van der Waals surface area (Å²) in [5, 5.41) is 0. The van der Waals surface area contributed by atoms with Gasteiger partial charge in [-0.1, -0.05) is 61.9 Å². The molecule has 4 nitrogen and oxygen atoms in total. The van der Waals surface area contributed by atoms with Crippen LogP contribution >= 0.6 is 0 Å². The number of aryl methyl sites for hydroxylation is 1. The predicted octanol–water partition coefficient (Wildman–Crippen LogP) is 6.42. The van der Waals surface area contributed by atoms with Crippen LogP contribution in [-0.2, 0) is 33.5 Å². The van der Waals surface area contributed by atoms with Crippen LogP contribution in [0.3, 0.4) is 0 Å². The van der Waals surface area contributed by atoms with E-state index in [2.05, 4.69) is 23.8 Å². The second-order valence-electron chi connectivity index (χ2n) is 7.92. The smallest absolute Gasteiger partial charge is 0.416 e. The molecule has 0 atom stereocenters. The van der Waals surface area contributed by atoms with Gasteiger partial charge in [0.05, 0.1) is 19.2 Å². The maximum absolute atomic E-state index is 12.9. The van der Waals surface area contributed by atoms with Gasteiger partial charge in [0.25, 0.3) is 0 Å². The molecule has 34 heavy (non-hydrogen) atoms. The Morgan fingerprint density at radius 3 is 1.85 bits per heavy atom. The molecule has 0 radical (unpaired) electrons. The number of carbonyl (C=O) groups excluding carboxylic acids is 2. The lowest BCUT2D eigenvalue weighted by Gasteiger charge is -2.22. The van der Waals surface area contributed by atoms with Crippen molar-refractivity contribution in [3.05, 3.63) is 89.5 Å². The van der Waals surface area contributed by atoms with Gasteiger partial charge in [-0.3, -0.25) is 9.69 Å². The number of amides is 1. The van der Waals surface area contributed by atoms with Gasteiger partial charge in [0.2, 0.25) is 0 Å². The van der Waals surface area contributed by atoms with Gasteiger partial charge in [0.15, 0.2) is 0 Å². The number of alkyl halides is 3. The molecule has 0 N–H and O–H groups in total. The molecule has 0 heterocycles. The highest BCUT2D eigenvalue weighted by atomic mass is 19.4. The van der Waals surface area contributed by atoms with Crippen molar-refractivity contribution in [2.45, 2.75) is 38.9 Å². The first kappa shape index (κ1) is 25.0. The van der Waals surface area contributed by atoms with E-state index in [9.17, 15) is 22.8 Å². The van der Waals surface area contributed by atoms with E-state index in [0.717, 1.165) is 49.6 Å². The van der Waals surface area contributed by atoms with E-state index in [-0.39, 0.29) is 6.54 Å². The van der Waals surface area contributed by atoms with Crippen molar-refractivity contribution in [2.24, 2.45) is 0 Å². The Balaban J connectivity index is 1.83. The van der Waals surface area contributed by atoms with E-state index in [1.807, 2.05) is 24.3 Å². The van der Waals surface area contributed by atoms with Crippen LogP contribution in [0.2, 0.25) is 0 Å². The van der Waals surface area contributed by atoms with Crippen molar-refractivity contribution in [3.8, 4) is 11.1 Å². The fourth-order valence-corrected chi connectivity index (χ4v) is 3.54. The molecule has 0 unspecified atom stereocenters. The van der Waals surface area contributed by atoms with Gasteiger partial charge in [0, 0.05) is 5.69 Å². The lowest BCUT2D eigenvalue weighted by atomic mass is 10.0. The second kappa shape index (κ2) is 11.0. The van der Waals surface area contributed by atoms with Crippen LogP contribution in [0.1, 0.15) is 36.5 Å². The SMILES string of the molecule is CCCCc1ccc(-c2ccc(N(Cc3ccc(C(F)(F)F)cc3)C(=O)C(=O)OC)cc2)cc1. The number of halogens is 3. The third-order valence-electron chi connectivity index (χ3n) is 5.51. The predicted molar refractivity (Wildman–Crippen MR) is 125 cm³/mol. The lowest BCUT2D eigenvalue weighted by molar-refractivity contribution is -0.151. The quantitative estimate of drug-likeness (QED) is 0.296. The molecular weight excluding hydrogens is 443 g/mol. The zero-order chi connectivity index (χ0) is 24.7. The van der Waals surface area contributed by atoms with Crippen molar-refractivity contribution < 1.29 is 27.5 Å². The van der Waals surface area contributed by atoms with Crippen LogP contribution < -0.4 is 4.90 Å². The average Bonchev–Trinajstić information content (AvgIpc) is 2.85.